The number of sulfonamides is 1. The van der Waals surface area contributed by atoms with Gasteiger partial charge in [0.1, 0.15) is 0 Å². The van der Waals surface area contributed by atoms with E-state index in [9.17, 15) is 22.8 Å². The predicted octanol–water partition coefficient (Wildman–Crippen LogP) is -0.776. The van der Waals surface area contributed by atoms with Crippen LogP contribution in [0.15, 0.2) is 29.2 Å². The van der Waals surface area contributed by atoms with Gasteiger partial charge in [-0.15, -0.1) is 0 Å². The van der Waals surface area contributed by atoms with Gasteiger partial charge in [-0.05, 0) is 24.3 Å². The molecule has 1 aliphatic heterocycles. The molecule has 0 spiro atoms. The lowest BCUT2D eigenvalue weighted by atomic mass is 10.3. The molecule has 0 aliphatic carbocycles. The lowest BCUT2D eigenvalue weighted by molar-refractivity contribution is -0.134. The van der Waals surface area contributed by atoms with E-state index in [1.807, 2.05) is 0 Å². The van der Waals surface area contributed by atoms with Gasteiger partial charge in [-0.2, -0.15) is 0 Å². The highest BCUT2D eigenvalue weighted by Crippen LogP contribution is 2.14. The Hall–Kier alpha value is -2.46. The second-order valence-electron chi connectivity index (χ2n) is 5.55. The zero-order chi connectivity index (χ0) is 18.4. The Labute approximate surface area is 146 Å². The lowest BCUT2D eigenvalue weighted by Crippen LogP contribution is -2.50. The molecule has 1 fully saturated rings. The first-order chi connectivity index (χ1) is 11.8. The van der Waals surface area contributed by atoms with E-state index in [1.165, 1.54) is 36.1 Å². The van der Waals surface area contributed by atoms with Crippen molar-refractivity contribution in [3.05, 3.63) is 24.3 Å². The average Bonchev–Trinajstić information content (AvgIpc) is 2.60. The van der Waals surface area contributed by atoms with Crippen LogP contribution in [-0.2, 0) is 24.4 Å². The Kier molecular flexibility index (Phi) is 6.10. The van der Waals surface area contributed by atoms with Gasteiger partial charge in [-0.3, -0.25) is 14.4 Å². The molecule has 1 heterocycles. The van der Waals surface area contributed by atoms with Gasteiger partial charge < -0.3 is 15.1 Å². The van der Waals surface area contributed by atoms with Crippen LogP contribution in [0.4, 0.5) is 5.69 Å². The van der Waals surface area contributed by atoms with E-state index in [2.05, 4.69) is 10.0 Å². The molecule has 0 unspecified atom stereocenters. The van der Waals surface area contributed by atoms with Crippen molar-refractivity contribution < 1.29 is 22.8 Å². The number of benzene rings is 1. The first-order valence-corrected chi connectivity index (χ1v) is 9.14. The Morgan fingerprint density at radius 1 is 1.12 bits per heavy atom. The molecule has 136 valence electrons. The van der Waals surface area contributed by atoms with Crippen LogP contribution in [0.5, 0.6) is 0 Å². The first-order valence-electron chi connectivity index (χ1n) is 7.66. The van der Waals surface area contributed by atoms with Crippen molar-refractivity contribution in [2.24, 2.45) is 0 Å². The van der Waals surface area contributed by atoms with Crippen LogP contribution in [0, 0.1) is 0 Å². The summed E-state index contributed by atoms with van der Waals surface area (Å²) in [5.41, 5.74) is 0.482. The molecule has 25 heavy (non-hydrogen) atoms. The van der Waals surface area contributed by atoms with Crippen molar-refractivity contribution >= 4 is 33.9 Å². The third-order valence-electron chi connectivity index (χ3n) is 3.71. The third kappa shape index (κ3) is 5.26. The number of carbonyl (C=O) groups excluding carboxylic acids is 3. The summed E-state index contributed by atoms with van der Waals surface area (Å²) in [5.74, 6) is -0.599. The molecule has 0 bridgehead atoms. The SMILES string of the molecule is CC(=O)Nc1ccc(S(=O)(=O)NCC(=O)N2CCN(C=O)CC2)cc1. The standard InChI is InChI=1S/C15H20N4O5S/c1-12(21)17-13-2-4-14(5-3-13)25(23,24)16-10-15(22)19-8-6-18(11-20)7-9-19/h2-5,11,16H,6-10H2,1H3,(H,17,21). The van der Waals surface area contributed by atoms with Gasteiger partial charge in [0.2, 0.25) is 28.2 Å². The molecule has 1 aliphatic rings. The summed E-state index contributed by atoms with van der Waals surface area (Å²) in [6.07, 6.45) is 0.731. The van der Waals surface area contributed by atoms with Crippen LogP contribution in [-0.4, -0.2) is 69.2 Å². The van der Waals surface area contributed by atoms with Crippen LogP contribution in [0.2, 0.25) is 0 Å². The van der Waals surface area contributed by atoms with Gasteiger partial charge in [0.25, 0.3) is 0 Å². The van der Waals surface area contributed by atoms with E-state index in [-0.39, 0.29) is 23.3 Å². The second-order valence-corrected chi connectivity index (χ2v) is 7.32. The zero-order valence-electron chi connectivity index (χ0n) is 13.8. The summed E-state index contributed by atoms with van der Waals surface area (Å²) >= 11 is 0. The number of carbonyl (C=O) groups is 3. The topological polar surface area (TPSA) is 116 Å². The number of rotatable bonds is 6. The summed E-state index contributed by atoms with van der Waals surface area (Å²) in [6.45, 7) is 2.64. The molecular formula is C15H20N4O5S. The largest absolute Gasteiger partial charge is 0.342 e. The van der Waals surface area contributed by atoms with E-state index in [0.717, 1.165) is 6.41 Å². The molecule has 3 amide bonds. The highest BCUT2D eigenvalue weighted by molar-refractivity contribution is 7.89. The minimum atomic E-state index is -3.83. The highest BCUT2D eigenvalue weighted by atomic mass is 32.2. The molecular weight excluding hydrogens is 348 g/mol. The first kappa shape index (κ1) is 18.9. The van der Waals surface area contributed by atoms with E-state index < -0.39 is 10.0 Å². The number of hydrogen-bond acceptors (Lipinski definition) is 5. The fraction of sp³-hybridized carbons (Fsp3) is 0.400. The van der Waals surface area contributed by atoms with Crippen molar-refractivity contribution in [1.29, 1.82) is 0 Å². The molecule has 0 saturated carbocycles. The summed E-state index contributed by atoms with van der Waals surface area (Å²) in [7, 11) is -3.83. The van der Waals surface area contributed by atoms with Crippen molar-refractivity contribution in [3.8, 4) is 0 Å². The minimum absolute atomic E-state index is 0.000163. The van der Waals surface area contributed by atoms with Crippen LogP contribution in [0.25, 0.3) is 0 Å². The van der Waals surface area contributed by atoms with Crippen molar-refractivity contribution in [1.82, 2.24) is 14.5 Å². The molecule has 0 atom stereocenters. The molecule has 0 aromatic heterocycles. The summed E-state index contributed by atoms with van der Waals surface area (Å²) in [4.78, 5) is 36.8. The van der Waals surface area contributed by atoms with E-state index in [4.69, 9.17) is 0 Å². The maximum atomic E-state index is 12.2. The van der Waals surface area contributed by atoms with Crippen molar-refractivity contribution in [3.63, 3.8) is 0 Å². The number of nitrogens with zero attached hydrogens (tertiary/aromatic N) is 2. The minimum Gasteiger partial charge on any atom is -0.342 e. The summed E-state index contributed by atoms with van der Waals surface area (Å²) in [5, 5.41) is 2.54. The van der Waals surface area contributed by atoms with Gasteiger partial charge in [-0.1, -0.05) is 0 Å². The molecule has 9 nitrogen and oxygen atoms in total. The zero-order valence-corrected chi connectivity index (χ0v) is 14.6. The smallest absolute Gasteiger partial charge is 0.241 e. The Bertz CT molecular complexity index is 740. The number of nitrogens with one attached hydrogen (secondary N) is 2. The maximum absolute atomic E-state index is 12.2. The summed E-state index contributed by atoms with van der Waals surface area (Å²) in [6, 6.07) is 5.63. The van der Waals surface area contributed by atoms with Gasteiger partial charge in [0.05, 0.1) is 11.4 Å². The predicted molar refractivity (Wildman–Crippen MR) is 90.2 cm³/mol. The molecule has 10 heteroatoms. The molecule has 1 aromatic rings. The fourth-order valence-electron chi connectivity index (χ4n) is 2.35. The molecule has 0 radical (unpaired) electrons. The van der Waals surface area contributed by atoms with Crippen LogP contribution in [0.1, 0.15) is 6.92 Å². The molecule has 1 saturated heterocycles. The second kappa shape index (κ2) is 8.08. The van der Waals surface area contributed by atoms with Gasteiger partial charge in [0, 0.05) is 38.8 Å². The lowest BCUT2D eigenvalue weighted by Gasteiger charge is -2.32. The third-order valence-corrected chi connectivity index (χ3v) is 5.13. The molecule has 1 aromatic carbocycles. The van der Waals surface area contributed by atoms with Gasteiger partial charge >= 0.3 is 0 Å². The van der Waals surface area contributed by atoms with E-state index in [0.29, 0.717) is 31.9 Å². The normalized spacial score (nSPS) is 14.9. The Morgan fingerprint density at radius 2 is 1.72 bits per heavy atom. The molecule has 2 N–H and O–H groups in total. The highest BCUT2D eigenvalue weighted by Gasteiger charge is 2.22. The van der Waals surface area contributed by atoms with Crippen molar-refractivity contribution in [2.75, 3.05) is 38.0 Å². The number of piperazine rings is 1. The van der Waals surface area contributed by atoms with Crippen LogP contribution < -0.4 is 10.0 Å². The summed E-state index contributed by atoms with van der Waals surface area (Å²) < 4.78 is 26.7. The van der Waals surface area contributed by atoms with E-state index >= 15 is 0 Å². The fourth-order valence-corrected chi connectivity index (χ4v) is 3.32. The number of amides is 3. The van der Waals surface area contributed by atoms with Crippen molar-refractivity contribution in [2.45, 2.75) is 11.8 Å². The Balaban J connectivity index is 1.91. The van der Waals surface area contributed by atoms with Gasteiger partial charge in [0.15, 0.2) is 0 Å². The van der Waals surface area contributed by atoms with Crippen LogP contribution >= 0.6 is 0 Å². The van der Waals surface area contributed by atoms with E-state index in [1.54, 1.807) is 4.90 Å². The maximum Gasteiger partial charge on any atom is 0.241 e. The monoisotopic (exact) mass is 368 g/mol. The van der Waals surface area contributed by atoms with Gasteiger partial charge in [-0.25, -0.2) is 13.1 Å². The quantitative estimate of drug-likeness (QED) is 0.639. The van der Waals surface area contributed by atoms with Crippen LogP contribution in [0.3, 0.4) is 0 Å². The molecule has 2 rings (SSSR count). The number of hydrogen-bond donors (Lipinski definition) is 2. The number of anilines is 1. The average molecular weight is 368 g/mol. The Morgan fingerprint density at radius 3 is 2.24 bits per heavy atom.